The molecule has 0 fully saturated rings. The van der Waals surface area contributed by atoms with Gasteiger partial charge in [-0.05, 0) is 56.1 Å². The summed E-state index contributed by atoms with van der Waals surface area (Å²) in [6.45, 7) is 5.83. The molecule has 124 valence electrons. The van der Waals surface area contributed by atoms with Crippen LogP contribution in [0.25, 0.3) is 10.7 Å². The quantitative estimate of drug-likeness (QED) is 0.676. The number of rotatable bonds is 4. The summed E-state index contributed by atoms with van der Waals surface area (Å²) in [5, 5.41) is 12.0. The van der Waals surface area contributed by atoms with E-state index < -0.39 is 6.04 Å². The molecule has 0 unspecified atom stereocenters. The number of benzene rings is 1. The molecule has 0 saturated heterocycles. The largest absolute Gasteiger partial charge is 0.324 e. The van der Waals surface area contributed by atoms with E-state index in [1.807, 2.05) is 56.5 Å². The van der Waals surface area contributed by atoms with Gasteiger partial charge in [0.25, 0.3) is 0 Å². The van der Waals surface area contributed by atoms with Gasteiger partial charge in [0.15, 0.2) is 10.6 Å². The number of nitrogens with one attached hydrogen (secondary N) is 2. The maximum absolute atomic E-state index is 12.7. The van der Waals surface area contributed by atoms with Crippen molar-refractivity contribution in [3.05, 3.63) is 51.6 Å². The summed E-state index contributed by atoms with van der Waals surface area (Å²) < 4.78 is 2.18. The van der Waals surface area contributed by atoms with E-state index in [1.165, 1.54) is 0 Å². The molecule has 3 aromatic rings. The van der Waals surface area contributed by atoms with Gasteiger partial charge < -0.3 is 5.32 Å². The van der Waals surface area contributed by atoms with Crippen molar-refractivity contribution in [2.45, 2.75) is 26.8 Å². The minimum atomic E-state index is -0.478. The number of carbonyl (C=O) groups is 1. The molecule has 0 radical (unpaired) electrons. The summed E-state index contributed by atoms with van der Waals surface area (Å²) in [5.74, 6) is 0.551. The molecule has 0 aliphatic heterocycles. The van der Waals surface area contributed by atoms with Gasteiger partial charge in [0.2, 0.25) is 5.91 Å². The number of H-pyrrole nitrogens is 1. The third-order valence-electron chi connectivity index (χ3n) is 3.85. The second-order valence-corrected chi connectivity index (χ2v) is 7.02. The predicted molar refractivity (Wildman–Crippen MR) is 100.0 cm³/mol. The Bertz CT molecular complexity index is 924. The minimum absolute atomic E-state index is 0.128. The Hall–Kier alpha value is -2.25. The fourth-order valence-electron chi connectivity index (χ4n) is 2.55. The SMILES string of the molecule is Cc1ccc(NC(=O)[C@@H](C)n2c(-c3cccs3)n[nH]c2=S)c(C)c1. The second kappa shape index (κ2) is 6.70. The van der Waals surface area contributed by atoms with E-state index in [0.717, 1.165) is 21.7 Å². The van der Waals surface area contributed by atoms with Crippen LogP contribution in [-0.2, 0) is 4.79 Å². The van der Waals surface area contributed by atoms with Gasteiger partial charge in [-0.25, -0.2) is 0 Å². The lowest BCUT2D eigenvalue weighted by Crippen LogP contribution is -2.24. The molecule has 3 rings (SSSR count). The van der Waals surface area contributed by atoms with Crippen LogP contribution in [0.2, 0.25) is 0 Å². The number of aromatic amines is 1. The normalized spacial score (nSPS) is 12.1. The molecule has 0 aliphatic rings. The smallest absolute Gasteiger partial charge is 0.247 e. The molecule has 7 heteroatoms. The number of thiophene rings is 1. The van der Waals surface area contributed by atoms with E-state index in [1.54, 1.807) is 15.9 Å². The highest BCUT2D eigenvalue weighted by molar-refractivity contribution is 7.71. The van der Waals surface area contributed by atoms with Crippen molar-refractivity contribution in [2.24, 2.45) is 0 Å². The summed E-state index contributed by atoms with van der Waals surface area (Å²) >= 11 is 6.88. The first-order valence-corrected chi connectivity index (χ1v) is 8.85. The Morgan fingerprint density at radius 2 is 2.17 bits per heavy atom. The fourth-order valence-corrected chi connectivity index (χ4v) is 3.55. The zero-order chi connectivity index (χ0) is 17.3. The van der Waals surface area contributed by atoms with E-state index in [0.29, 0.717) is 10.6 Å². The van der Waals surface area contributed by atoms with Crippen LogP contribution < -0.4 is 5.32 Å². The van der Waals surface area contributed by atoms with Gasteiger partial charge in [0.1, 0.15) is 6.04 Å². The van der Waals surface area contributed by atoms with Crippen LogP contribution in [0.4, 0.5) is 5.69 Å². The number of hydrogen-bond acceptors (Lipinski definition) is 4. The highest BCUT2D eigenvalue weighted by atomic mass is 32.1. The van der Waals surface area contributed by atoms with Crippen LogP contribution in [0, 0.1) is 18.6 Å². The number of aryl methyl sites for hydroxylation is 2. The molecule has 2 N–H and O–H groups in total. The van der Waals surface area contributed by atoms with E-state index in [-0.39, 0.29) is 5.91 Å². The lowest BCUT2D eigenvalue weighted by atomic mass is 10.1. The molecule has 0 aliphatic carbocycles. The van der Waals surface area contributed by atoms with Crippen molar-refractivity contribution in [2.75, 3.05) is 5.32 Å². The van der Waals surface area contributed by atoms with Crippen LogP contribution in [0.1, 0.15) is 24.1 Å². The Kier molecular flexibility index (Phi) is 4.64. The number of amides is 1. The van der Waals surface area contributed by atoms with Crippen molar-refractivity contribution < 1.29 is 4.79 Å². The van der Waals surface area contributed by atoms with Gasteiger partial charge in [0.05, 0.1) is 4.88 Å². The monoisotopic (exact) mass is 358 g/mol. The van der Waals surface area contributed by atoms with Crippen LogP contribution >= 0.6 is 23.6 Å². The van der Waals surface area contributed by atoms with Crippen molar-refractivity contribution in [1.82, 2.24) is 14.8 Å². The molecule has 1 amide bonds. The van der Waals surface area contributed by atoms with Crippen molar-refractivity contribution >= 4 is 35.1 Å². The average Bonchev–Trinajstić information content (AvgIpc) is 3.18. The van der Waals surface area contributed by atoms with Crippen molar-refractivity contribution in [1.29, 1.82) is 0 Å². The fraction of sp³-hybridized carbons (Fsp3) is 0.235. The van der Waals surface area contributed by atoms with Crippen molar-refractivity contribution in [3.8, 4) is 10.7 Å². The number of hydrogen-bond donors (Lipinski definition) is 2. The molecule has 0 saturated carbocycles. The second-order valence-electron chi connectivity index (χ2n) is 5.68. The Labute approximate surface area is 149 Å². The molecule has 0 bridgehead atoms. The van der Waals surface area contributed by atoms with Gasteiger partial charge in [-0.2, -0.15) is 5.10 Å². The third kappa shape index (κ3) is 3.18. The van der Waals surface area contributed by atoms with E-state index in [2.05, 4.69) is 15.5 Å². The first-order valence-electron chi connectivity index (χ1n) is 7.56. The first kappa shape index (κ1) is 16.6. The zero-order valence-corrected chi connectivity index (χ0v) is 15.3. The van der Waals surface area contributed by atoms with Crippen molar-refractivity contribution in [3.63, 3.8) is 0 Å². The van der Waals surface area contributed by atoms with Gasteiger partial charge >= 0.3 is 0 Å². The van der Waals surface area contributed by atoms with E-state index >= 15 is 0 Å². The molecular weight excluding hydrogens is 340 g/mol. The van der Waals surface area contributed by atoms with E-state index in [4.69, 9.17) is 12.2 Å². The minimum Gasteiger partial charge on any atom is -0.324 e. The van der Waals surface area contributed by atoms with E-state index in [9.17, 15) is 4.79 Å². The maximum Gasteiger partial charge on any atom is 0.247 e. The standard InChI is InChI=1S/C17H18N4OS2/c1-10-6-7-13(11(2)9-10)18-16(22)12(3)21-15(19-20-17(21)23)14-5-4-8-24-14/h4-9,12H,1-3H3,(H,18,22)(H,20,23)/t12-/m1/s1. The van der Waals surface area contributed by atoms with Gasteiger partial charge in [-0.15, -0.1) is 11.3 Å². The summed E-state index contributed by atoms with van der Waals surface area (Å²) in [4.78, 5) is 13.7. The number of nitrogens with zero attached hydrogens (tertiary/aromatic N) is 2. The molecule has 1 aromatic carbocycles. The highest BCUT2D eigenvalue weighted by Crippen LogP contribution is 2.26. The Balaban J connectivity index is 1.89. The summed E-state index contributed by atoms with van der Waals surface area (Å²) in [5.41, 5.74) is 3.01. The van der Waals surface area contributed by atoms with Gasteiger partial charge in [-0.3, -0.25) is 14.5 Å². The topological polar surface area (TPSA) is 62.7 Å². The number of anilines is 1. The third-order valence-corrected chi connectivity index (χ3v) is 5.01. The van der Waals surface area contributed by atoms with Gasteiger partial charge in [0, 0.05) is 5.69 Å². The summed E-state index contributed by atoms with van der Waals surface area (Å²) in [6.07, 6.45) is 0. The molecule has 5 nitrogen and oxygen atoms in total. The Morgan fingerprint density at radius 1 is 1.38 bits per heavy atom. The first-order chi connectivity index (χ1) is 11.5. The van der Waals surface area contributed by atoms with Crippen LogP contribution in [0.15, 0.2) is 35.7 Å². The lowest BCUT2D eigenvalue weighted by Gasteiger charge is -2.16. The molecule has 2 aromatic heterocycles. The molecule has 24 heavy (non-hydrogen) atoms. The maximum atomic E-state index is 12.7. The lowest BCUT2D eigenvalue weighted by molar-refractivity contribution is -0.118. The van der Waals surface area contributed by atoms with Gasteiger partial charge in [-0.1, -0.05) is 23.8 Å². The van der Waals surface area contributed by atoms with Crippen LogP contribution in [0.5, 0.6) is 0 Å². The van der Waals surface area contributed by atoms with Crippen LogP contribution in [-0.4, -0.2) is 20.7 Å². The zero-order valence-electron chi connectivity index (χ0n) is 13.7. The van der Waals surface area contributed by atoms with Crippen LogP contribution in [0.3, 0.4) is 0 Å². The summed E-state index contributed by atoms with van der Waals surface area (Å²) in [7, 11) is 0. The number of carbonyl (C=O) groups excluding carboxylic acids is 1. The average molecular weight is 358 g/mol. The highest BCUT2D eigenvalue weighted by Gasteiger charge is 2.21. The number of aromatic nitrogens is 3. The molecule has 1 atom stereocenters. The molecule has 2 heterocycles. The molecule has 0 spiro atoms. The predicted octanol–water partition coefficient (Wildman–Crippen LogP) is 4.49. The summed E-state index contributed by atoms with van der Waals surface area (Å²) in [6, 6.07) is 9.37. The Morgan fingerprint density at radius 3 is 2.83 bits per heavy atom. The molecular formula is C17H18N4OS2.